The minimum absolute atomic E-state index is 0.190. The standard InChI is InChI=1S/C17H17ClO/c1-12-7-9-13(10-8-12)17-14(4-2-5-15(17)18)16-6-3-11-19-16/h2,4-5,7-10,16H,3,6,11H2,1H3/t16-/m0/s1. The molecule has 0 radical (unpaired) electrons. The molecule has 0 spiro atoms. The zero-order valence-electron chi connectivity index (χ0n) is 11.0. The van der Waals surface area contributed by atoms with Crippen LogP contribution in [0.15, 0.2) is 42.5 Å². The van der Waals surface area contributed by atoms with Gasteiger partial charge in [-0.05, 0) is 37.0 Å². The van der Waals surface area contributed by atoms with Crippen molar-refractivity contribution in [3.63, 3.8) is 0 Å². The smallest absolute Gasteiger partial charge is 0.0832 e. The molecule has 1 atom stereocenters. The molecule has 2 aromatic rings. The predicted octanol–water partition coefficient (Wildman–Crippen LogP) is 5.17. The van der Waals surface area contributed by atoms with E-state index in [1.165, 1.54) is 16.7 Å². The maximum absolute atomic E-state index is 6.43. The van der Waals surface area contributed by atoms with E-state index in [2.05, 4.69) is 37.3 Å². The Kier molecular flexibility index (Phi) is 3.58. The van der Waals surface area contributed by atoms with E-state index in [9.17, 15) is 0 Å². The number of aryl methyl sites for hydroxylation is 1. The highest BCUT2D eigenvalue weighted by atomic mass is 35.5. The summed E-state index contributed by atoms with van der Waals surface area (Å²) in [7, 11) is 0. The van der Waals surface area contributed by atoms with Crippen LogP contribution >= 0.6 is 11.6 Å². The van der Waals surface area contributed by atoms with Crippen LogP contribution in [0.25, 0.3) is 11.1 Å². The van der Waals surface area contributed by atoms with Gasteiger partial charge >= 0.3 is 0 Å². The van der Waals surface area contributed by atoms with Crippen LogP contribution in [0.5, 0.6) is 0 Å². The van der Waals surface area contributed by atoms with E-state index in [4.69, 9.17) is 16.3 Å². The van der Waals surface area contributed by atoms with Gasteiger partial charge in [0.05, 0.1) is 6.10 Å². The third kappa shape index (κ3) is 2.54. The Balaban J connectivity index is 2.10. The molecule has 3 rings (SSSR count). The quantitative estimate of drug-likeness (QED) is 0.733. The van der Waals surface area contributed by atoms with E-state index in [1.54, 1.807) is 0 Å². The Morgan fingerprint density at radius 1 is 1.11 bits per heavy atom. The lowest BCUT2D eigenvalue weighted by Gasteiger charge is -2.17. The molecule has 0 aliphatic carbocycles. The largest absolute Gasteiger partial charge is 0.374 e. The number of benzene rings is 2. The Morgan fingerprint density at radius 2 is 1.89 bits per heavy atom. The normalized spacial score (nSPS) is 18.7. The summed E-state index contributed by atoms with van der Waals surface area (Å²) in [4.78, 5) is 0. The number of ether oxygens (including phenoxy) is 1. The Morgan fingerprint density at radius 3 is 2.58 bits per heavy atom. The highest BCUT2D eigenvalue weighted by molar-refractivity contribution is 6.33. The molecule has 0 bridgehead atoms. The molecule has 19 heavy (non-hydrogen) atoms. The van der Waals surface area contributed by atoms with Crippen LogP contribution in [-0.2, 0) is 4.74 Å². The van der Waals surface area contributed by atoms with E-state index in [-0.39, 0.29) is 6.10 Å². The van der Waals surface area contributed by atoms with Gasteiger partial charge in [-0.3, -0.25) is 0 Å². The maximum atomic E-state index is 6.43. The van der Waals surface area contributed by atoms with Crippen molar-refractivity contribution in [2.75, 3.05) is 6.61 Å². The van der Waals surface area contributed by atoms with Gasteiger partial charge < -0.3 is 4.74 Å². The fourth-order valence-corrected chi connectivity index (χ4v) is 2.95. The average Bonchev–Trinajstić information content (AvgIpc) is 2.94. The van der Waals surface area contributed by atoms with Crippen LogP contribution in [0.3, 0.4) is 0 Å². The van der Waals surface area contributed by atoms with E-state index in [0.717, 1.165) is 30.0 Å². The number of hydrogen-bond acceptors (Lipinski definition) is 1. The summed E-state index contributed by atoms with van der Waals surface area (Å²) >= 11 is 6.43. The summed E-state index contributed by atoms with van der Waals surface area (Å²) in [5.74, 6) is 0. The zero-order chi connectivity index (χ0) is 13.2. The van der Waals surface area contributed by atoms with Crippen LogP contribution < -0.4 is 0 Å². The maximum Gasteiger partial charge on any atom is 0.0832 e. The first kappa shape index (κ1) is 12.7. The molecular formula is C17H17ClO. The monoisotopic (exact) mass is 272 g/mol. The topological polar surface area (TPSA) is 9.23 Å². The highest BCUT2D eigenvalue weighted by Gasteiger charge is 2.22. The van der Waals surface area contributed by atoms with Gasteiger partial charge in [0.1, 0.15) is 0 Å². The average molecular weight is 273 g/mol. The first-order valence-electron chi connectivity index (χ1n) is 6.73. The molecule has 0 amide bonds. The van der Waals surface area contributed by atoms with E-state index < -0.39 is 0 Å². The van der Waals surface area contributed by atoms with Gasteiger partial charge in [-0.2, -0.15) is 0 Å². The molecule has 2 heteroatoms. The minimum Gasteiger partial charge on any atom is -0.374 e. The van der Waals surface area contributed by atoms with Crippen molar-refractivity contribution in [2.24, 2.45) is 0 Å². The third-order valence-electron chi connectivity index (χ3n) is 3.66. The minimum atomic E-state index is 0.190. The van der Waals surface area contributed by atoms with E-state index in [0.29, 0.717) is 0 Å². The summed E-state index contributed by atoms with van der Waals surface area (Å²) in [5, 5.41) is 0.803. The van der Waals surface area contributed by atoms with Crippen LogP contribution in [0.4, 0.5) is 0 Å². The highest BCUT2D eigenvalue weighted by Crippen LogP contribution is 2.39. The first-order valence-corrected chi connectivity index (χ1v) is 7.10. The fraction of sp³-hybridized carbons (Fsp3) is 0.294. The first-order chi connectivity index (χ1) is 9.25. The second-order valence-corrected chi connectivity index (χ2v) is 5.48. The number of hydrogen-bond donors (Lipinski definition) is 0. The molecule has 0 aromatic heterocycles. The molecule has 1 aliphatic heterocycles. The van der Waals surface area contributed by atoms with Gasteiger partial charge in [-0.1, -0.05) is 53.6 Å². The van der Waals surface area contributed by atoms with Crippen LogP contribution in [-0.4, -0.2) is 6.61 Å². The molecule has 0 unspecified atom stereocenters. The molecule has 0 N–H and O–H groups in total. The summed E-state index contributed by atoms with van der Waals surface area (Å²) in [6, 6.07) is 14.6. The van der Waals surface area contributed by atoms with Gasteiger partial charge in [-0.25, -0.2) is 0 Å². The van der Waals surface area contributed by atoms with Crippen molar-refractivity contribution in [1.29, 1.82) is 0 Å². The van der Waals surface area contributed by atoms with Crippen molar-refractivity contribution in [2.45, 2.75) is 25.9 Å². The van der Waals surface area contributed by atoms with Crippen LogP contribution in [0.1, 0.15) is 30.1 Å². The Labute approximate surface area is 119 Å². The fourth-order valence-electron chi connectivity index (χ4n) is 2.66. The Bertz CT molecular complexity index is 568. The summed E-state index contributed by atoms with van der Waals surface area (Å²) in [6.07, 6.45) is 2.40. The van der Waals surface area contributed by atoms with Gasteiger partial charge in [0, 0.05) is 17.2 Å². The van der Waals surface area contributed by atoms with E-state index >= 15 is 0 Å². The second kappa shape index (κ2) is 5.36. The van der Waals surface area contributed by atoms with Gasteiger partial charge in [0.25, 0.3) is 0 Å². The van der Waals surface area contributed by atoms with Crippen molar-refractivity contribution >= 4 is 11.6 Å². The van der Waals surface area contributed by atoms with Crippen molar-refractivity contribution in [3.05, 3.63) is 58.6 Å². The summed E-state index contributed by atoms with van der Waals surface area (Å²) < 4.78 is 5.82. The van der Waals surface area contributed by atoms with E-state index in [1.807, 2.05) is 12.1 Å². The third-order valence-corrected chi connectivity index (χ3v) is 3.98. The van der Waals surface area contributed by atoms with Crippen molar-refractivity contribution in [1.82, 2.24) is 0 Å². The number of halogens is 1. The molecule has 0 saturated carbocycles. The molecule has 1 aliphatic rings. The van der Waals surface area contributed by atoms with Gasteiger partial charge in [0.15, 0.2) is 0 Å². The Hall–Kier alpha value is -1.31. The van der Waals surface area contributed by atoms with Crippen LogP contribution in [0, 0.1) is 6.92 Å². The molecule has 2 aromatic carbocycles. The SMILES string of the molecule is Cc1ccc(-c2c(Cl)cccc2[C@@H]2CCCO2)cc1. The molecule has 1 fully saturated rings. The summed E-state index contributed by atoms with van der Waals surface area (Å²) in [5.41, 5.74) is 4.76. The van der Waals surface area contributed by atoms with Crippen molar-refractivity contribution < 1.29 is 4.74 Å². The molecule has 1 heterocycles. The lowest BCUT2D eigenvalue weighted by Crippen LogP contribution is -1.99. The lowest BCUT2D eigenvalue weighted by molar-refractivity contribution is 0.112. The zero-order valence-corrected chi connectivity index (χ0v) is 11.8. The second-order valence-electron chi connectivity index (χ2n) is 5.07. The summed E-state index contributed by atoms with van der Waals surface area (Å²) in [6.45, 7) is 2.95. The molecule has 98 valence electrons. The lowest BCUT2D eigenvalue weighted by atomic mass is 9.94. The number of rotatable bonds is 2. The predicted molar refractivity (Wildman–Crippen MR) is 79.6 cm³/mol. The van der Waals surface area contributed by atoms with Crippen molar-refractivity contribution in [3.8, 4) is 11.1 Å². The van der Waals surface area contributed by atoms with Gasteiger partial charge in [-0.15, -0.1) is 0 Å². The van der Waals surface area contributed by atoms with Crippen LogP contribution in [0.2, 0.25) is 5.02 Å². The molecule has 1 saturated heterocycles. The molecular weight excluding hydrogens is 256 g/mol. The molecule has 1 nitrogen and oxygen atoms in total. The van der Waals surface area contributed by atoms with Gasteiger partial charge in [0.2, 0.25) is 0 Å².